The number of rotatable bonds is 3. The number of hydrogen-bond donors (Lipinski definition) is 2. The number of fused-ring (bicyclic) bond motifs is 1. The van der Waals surface area contributed by atoms with E-state index in [-0.39, 0.29) is 24.3 Å². The van der Waals surface area contributed by atoms with E-state index < -0.39 is 24.7 Å². The summed E-state index contributed by atoms with van der Waals surface area (Å²) in [4.78, 5) is 10.8. The molecule has 0 saturated carbocycles. The largest absolute Gasteiger partial charge is 0.476 e. The number of halogens is 3. The van der Waals surface area contributed by atoms with Crippen molar-refractivity contribution in [3.63, 3.8) is 0 Å². The molecule has 5 nitrogen and oxygen atoms in total. The van der Waals surface area contributed by atoms with Crippen molar-refractivity contribution >= 4 is 5.97 Å². The van der Waals surface area contributed by atoms with Gasteiger partial charge in [-0.15, -0.1) is 0 Å². The van der Waals surface area contributed by atoms with Crippen molar-refractivity contribution in [3.8, 4) is 0 Å². The van der Waals surface area contributed by atoms with Crippen molar-refractivity contribution in [1.82, 2.24) is 10.2 Å². The Morgan fingerprint density at radius 3 is 2.82 bits per heavy atom. The monoisotopic (exact) mass is 250 g/mol. The van der Waals surface area contributed by atoms with E-state index in [0.29, 0.717) is 5.69 Å². The first-order valence-corrected chi connectivity index (χ1v) is 4.84. The van der Waals surface area contributed by atoms with E-state index in [1.807, 2.05) is 0 Å². The van der Waals surface area contributed by atoms with E-state index in [9.17, 15) is 18.0 Å². The summed E-state index contributed by atoms with van der Waals surface area (Å²) in [6, 6.07) is 0. The highest BCUT2D eigenvalue weighted by molar-refractivity contribution is 5.87. The third-order valence-electron chi connectivity index (χ3n) is 2.60. The summed E-state index contributed by atoms with van der Waals surface area (Å²) < 4.78 is 42.4. The third-order valence-corrected chi connectivity index (χ3v) is 2.60. The van der Waals surface area contributed by atoms with Gasteiger partial charge in [-0.3, -0.25) is 5.10 Å². The Bertz CT molecular complexity index is 435. The molecule has 2 rings (SSSR count). The lowest BCUT2D eigenvalue weighted by Gasteiger charge is -2.25. The van der Waals surface area contributed by atoms with Gasteiger partial charge in [0.2, 0.25) is 0 Å². The predicted molar refractivity (Wildman–Crippen MR) is 48.7 cm³/mol. The lowest BCUT2D eigenvalue weighted by molar-refractivity contribution is -0.0777. The number of ether oxygens (including phenoxy) is 1. The van der Waals surface area contributed by atoms with Gasteiger partial charge >= 0.3 is 5.97 Å². The number of nitrogens with zero attached hydrogens (tertiary/aromatic N) is 1. The molecule has 0 bridgehead atoms. The van der Waals surface area contributed by atoms with Crippen molar-refractivity contribution in [2.24, 2.45) is 0 Å². The van der Waals surface area contributed by atoms with Gasteiger partial charge < -0.3 is 9.84 Å². The van der Waals surface area contributed by atoms with Crippen molar-refractivity contribution in [2.45, 2.75) is 31.7 Å². The molecule has 94 valence electrons. The normalized spacial score (nSPS) is 21.3. The van der Waals surface area contributed by atoms with Crippen molar-refractivity contribution in [2.75, 3.05) is 0 Å². The number of nitrogens with one attached hydrogen (secondary N) is 1. The van der Waals surface area contributed by atoms with Crippen LogP contribution < -0.4 is 0 Å². The number of H-pyrrole nitrogens is 1. The summed E-state index contributed by atoms with van der Waals surface area (Å²) in [5.74, 6) is -1.28. The molecule has 0 aromatic carbocycles. The molecular formula is C9H9F3N2O3. The first-order chi connectivity index (χ1) is 8.00. The molecule has 2 heterocycles. The average molecular weight is 250 g/mol. The lowest BCUT2D eigenvalue weighted by atomic mass is 10.00. The number of alkyl halides is 3. The van der Waals surface area contributed by atoms with Crippen LogP contribution in [0.15, 0.2) is 0 Å². The van der Waals surface area contributed by atoms with Gasteiger partial charge in [-0.05, 0) is 0 Å². The van der Waals surface area contributed by atoms with Crippen LogP contribution in [0.2, 0.25) is 0 Å². The topological polar surface area (TPSA) is 75.2 Å². The Labute approximate surface area is 93.6 Å². The smallest absolute Gasteiger partial charge is 0.356 e. The maximum atomic E-state index is 13.1. The number of carbonyl (C=O) groups is 1. The first kappa shape index (κ1) is 11.9. The fraction of sp³-hybridized carbons (Fsp3) is 0.556. The number of carboxylic acids is 1. The van der Waals surface area contributed by atoms with Gasteiger partial charge in [0.15, 0.2) is 11.9 Å². The Morgan fingerprint density at radius 2 is 2.24 bits per heavy atom. The fourth-order valence-corrected chi connectivity index (χ4v) is 1.73. The summed E-state index contributed by atoms with van der Waals surface area (Å²) in [6.45, 7) is -0.145. The van der Waals surface area contributed by atoms with E-state index >= 15 is 0 Å². The summed E-state index contributed by atoms with van der Waals surface area (Å²) >= 11 is 0. The van der Waals surface area contributed by atoms with Gasteiger partial charge in [0, 0.05) is 12.0 Å². The number of aromatic nitrogens is 2. The minimum Gasteiger partial charge on any atom is -0.476 e. The zero-order valence-corrected chi connectivity index (χ0v) is 8.49. The second-order valence-corrected chi connectivity index (χ2v) is 3.67. The van der Waals surface area contributed by atoms with E-state index in [4.69, 9.17) is 9.84 Å². The summed E-state index contributed by atoms with van der Waals surface area (Å²) in [5, 5.41) is 14.8. The zero-order valence-electron chi connectivity index (χ0n) is 8.49. The number of carboxylic acid groups (broad SMARTS) is 1. The molecule has 0 saturated heterocycles. The van der Waals surface area contributed by atoms with Crippen LogP contribution in [0.25, 0.3) is 0 Å². The Balaban J connectivity index is 2.22. The fourth-order valence-electron chi connectivity index (χ4n) is 1.73. The van der Waals surface area contributed by atoms with Crippen molar-refractivity contribution in [3.05, 3.63) is 17.0 Å². The van der Waals surface area contributed by atoms with Gasteiger partial charge in [0.1, 0.15) is 0 Å². The molecule has 0 spiro atoms. The highest BCUT2D eigenvalue weighted by atomic mass is 19.3. The average Bonchev–Trinajstić information content (AvgIpc) is 2.70. The molecule has 8 heteroatoms. The molecule has 1 aliphatic rings. The SMILES string of the molecule is O=C(O)c1n[nH]c2c1CC(C(F)C(F)F)OC2. The van der Waals surface area contributed by atoms with Crippen LogP contribution in [-0.4, -0.2) is 40.0 Å². The molecule has 2 atom stereocenters. The van der Waals surface area contributed by atoms with Gasteiger partial charge in [-0.25, -0.2) is 18.0 Å². The zero-order chi connectivity index (χ0) is 12.6. The summed E-state index contributed by atoms with van der Waals surface area (Å²) in [7, 11) is 0. The number of aromatic carboxylic acids is 1. The van der Waals surface area contributed by atoms with Crippen LogP contribution in [0.4, 0.5) is 13.2 Å². The molecule has 2 unspecified atom stereocenters. The van der Waals surface area contributed by atoms with Crippen molar-refractivity contribution in [1.29, 1.82) is 0 Å². The molecule has 0 amide bonds. The molecule has 1 aromatic rings. The molecular weight excluding hydrogens is 241 g/mol. The second-order valence-electron chi connectivity index (χ2n) is 3.67. The highest BCUT2D eigenvalue weighted by Gasteiger charge is 2.36. The van der Waals surface area contributed by atoms with Crippen LogP contribution in [0, 0.1) is 0 Å². The highest BCUT2D eigenvalue weighted by Crippen LogP contribution is 2.26. The number of hydrogen-bond acceptors (Lipinski definition) is 3. The Morgan fingerprint density at radius 1 is 1.53 bits per heavy atom. The Hall–Kier alpha value is -1.57. The van der Waals surface area contributed by atoms with Crippen LogP contribution in [0.1, 0.15) is 21.7 Å². The predicted octanol–water partition coefficient (Wildman–Crippen LogP) is 1.15. The molecule has 17 heavy (non-hydrogen) atoms. The van der Waals surface area contributed by atoms with Gasteiger partial charge in [-0.2, -0.15) is 5.10 Å². The van der Waals surface area contributed by atoms with E-state index in [1.165, 1.54) is 0 Å². The quantitative estimate of drug-likeness (QED) is 0.843. The minimum absolute atomic E-state index is 0.145. The van der Waals surface area contributed by atoms with Gasteiger partial charge in [0.05, 0.1) is 18.4 Å². The molecule has 0 fully saturated rings. The molecule has 0 aliphatic carbocycles. The summed E-state index contributed by atoms with van der Waals surface area (Å²) in [6.07, 6.45) is -7.14. The molecule has 1 aromatic heterocycles. The minimum atomic E-state index is -3.15. The van der Waals surface area contributed by atoms with Gasteiger partial charge in [-0.1, -0.05) is 0 Å². The van der Waals surface area contributed by atoms with Crippen LogP contribution >= 0.6 is 0 Å². The standard InChI is InChI=1S/C9H9F3N2O3/c10-6(8(11)12)5-1-3-4(2-17-5)13-14-7(3)9(15)16/h5-6,8H,1-2H2,(H,13,14)(H,15,16). The van der Waals surface area contributed by atoms with Crippen molar-refractivity contribution < 1.29 is 27.8 Å². The van der Waals surface area contributed by atoms with E-state index in [1.54, 1.807) is 0 Å². The second kappa shape index (κ2) is 4.36. The van der Waals surface area contributed by atoms with Crippen LogP contribution in [0.5, 0.6) is 0 Å². The van der Waals surface area contributed by atoms with Gasteiger partial charge in [0.25, 0.3) is 6.43 Å². The van der Waals surface area contributed by atoms with E-state index in [2.05, 4.69) is 10.2 Å². The molecule has 1 aliphatic heterocycles. The molecule has 0 radical (unpaired) electrons. The van der Waals surface area contributed by atoms with Crippen LogP contribution in [0.3, 0.4) is 0 Å². The third kappa shape index (κ3) is 2.12. The maximum Gasteiger partial charge on any atom is 0.356 e. The summed E-state index contributed by atoms with van der Waals surface area (Å²) in [5.41, 5.74) is 0.354. The van der Waals surface area contributed by atoms with E-state index in [0.717, 1.165) is 0 Å². The lowest BCUT2D eigenvalue weighted by Crippen LogP contribution is -2.36. The number of aromatic amines is 1. The van der Waals surface area contributed by atoms with Crippen LogP contribution in [-0.2, 0) is 17.8 Å². The maximum absolute atomic E-state index is 13.1. The Kier molecular flexibility index (Phi) is 3.05. The first-order valence-electron chi connectivity index (χ1n) is 4.84. The molecule has 2 N–H and O–H groups in total.